The van der Waals surface area contributed by atoms with Crippen molar-refractivity contribution in [3.8, 4) is 0 Å². The van der Waals surface area contributed by atoms with Crippen LogP contribution in [0.3, 0.4) is 0 Å². The molecule has 25 heavy (non-hydrogen) atoms. The van der Waals surface area contributed by atoms with Crippen LogP contribution in [0.1, 0.15) is 12.0 Å². The normalized spacial score (nSPS) is 16.7. The minimum atomic E-state index is -0.0709. The zero-order valence-corrected chi connectivity index (χ0v) is 14.6. The first kappa shape index (κ1) is 17.4. The molecule has 1 atom stereocenters. The van der Waals surface area contributed by atoms with Crippen molar-refractivity contribution in [1.29, 1.82) is 0 Å². The van der Waals surface area contributed by atoms with Crippen molar-refractivity contribution >= 4 is 35.0 Å². The van der Waals surface area contributed by atoms with Crippen LogP contribution in [0, 0.1) is 0 Å². The Bertz CT molecular complexity index is 869. The number of likely N-dealkylation sites (tertiary alicyclic amines) is 1. The molecule has 1 aliphatic rings. The topological polar surface area (TPSA) is 45.2 Å². The van der Waals surface area contributed by atoms with Gasteiger partial charge in [-0.05, 0) is 30.2 Å². The van der Waals surface area contributed by atoms with Gasteiger partial charge in [-0.1, -0.05) is 48.5 Å². The summed E-state index contributed by atoms with van der Waals surface area (Å²) in [7, 11) is 0. The predicted octanol–water partition coefficient (Wildman–Crippen LogP) is 3.87. The molecule has 0 radical (unpaired) electrons. The van der Waals surface area contributed by atoms with E-state index in [4.69, 9.17) is 0 Å². The maximum absolute atomic E-state index is 12.5. The average Bonchev–Trinajstić information content (AvgIpc) is 2.59. The van der Waals surface area contributed by atoms with Crippen molar-refractivity contribution in [2.24, 2.45) is 0 Å². The predicted molar refractivity (Wildman–Crippen MR) is 103 cm³/mol. The number of para-hydroxylation sites is 1. The van der Waals surface area contributed by atoms with Crippen LogP contribution >= 0.6 is 12.4 Å². The summed E-state index contributed by atoms with van der Waals surface area (Å²) in [4.78, 5) is 19.3. The molecule has 4 nitrogen and oxygen atoms in total. The van der Waals surface area contributed by atoms with Gasteiger partial charge >= 0.3 is 0 Å². The maximum Gasteiger partial charge on any atom is 0.242 e. The van der Waals surface area contributed by atoms with Gasteiger partial charge in [0.25, 0.3) is 0 Å². The molecule has 128 valence electrons. The highest BCUT2D eigenvalue weighted by Gasteiger charge is 2.34. The number of rotatable bonds is 4. The number of hydrogen-bond donors (Lipinski definition) is 1. The minimum Gasteiger partial charge on any atom is -0.309 e. The van der Waals surface area contributed by atoms with Gasteiger partial charge in [-0.15, -0.1) is 12.4 Å². The Morgan fingerprint density at radius 1 is 1.04 bits per heavy atom. The third-order valence-electron chi connectivity index (χ3n) is 4.51. The Balaban J connectivity index is 0.00000182. The fraction of sp³-hybridized carbons (Fsp3) is 0.200. The summed E-state index contributed by atoms with van der Waals surface area (Å²) in [5.74, 6) is 0.644. The molecule has 1 N–H and O–H groups in total. The molecule has 5 heteroatoms. The van der Waals surface area contributed by atoms with Gasteiger partial charge in [-0.25, -0.2) is 4.98 Å². The van der Waals surface area contributed by atoms with E-state index in [2.05, 4.69) is 27.3 Å². The summed E-state index contributed by atoms with van der Waals surface area (Å²) in [6, 6.07) is 21.9. The van der Waals surface area contributed by atoms with E-state index in [1.165, 1.54) is 5.56 Å². The van der Waals surface area contributed by atoms with E-state index in [1.807, 2.05) is 54.6 Å². The van der Waals surface area contributed by atoms with E-state index in [9.17, 15) is 4.79 Å². The van der Waals surface area contributed by atoms with E-state index in [1.54, 1.807) is 0 Å². The lowest BCUT2D eigenvalue weighted by Crippen LogP contribution is -2.53. The van der Waals surface area contributed by atoms with E-state index < -0.39 is 0 Å². The monoisotopic (exact) mass is 353 g/mol. The van der Waals surface area contributed by atoms with Crippen LogP contribution in [0.25, 0.3) is 10.9 Å². The quantitative estimate of drug-likeness (QED) is 0.774. The number of benzene rings is 2. The number of nitrogens with one attached hydrogen (secondary N) is 1. The molecule has 1 amide bonds. The number of halogens is 1. The van der Waals surface area contributed by atoms with Crippen LogP contribution in [0.15, 0.2) is 66.7 Å². The fourth-order valence-electron chi connectivity index (χ4n) is 3.09. The summed E-state index contributed by atoms with van der Waals surface area (Å²) in [5, 5.41) is 4.03. The lowest BCUT2D eigenvalue weighted by atomic mass is 10.0. The Labute approximate surface area is 153 Å². The first-order valence-electron chi connectivity index (χ1n) is 8.24. The summed E-state index contributed by atoms with van der Waals surface area (Å²) in [6.07, 6.45) is 0.895. The molecule has 3 aromatic rings. The molecule has 0 saturated carbocycles. The first-order valence-corrected chi connectivity index (χ1v) is 8.24. The highest BCUT2D eigenvalue weighted by Crippen LogP contribution is 2.22. The number of pyridine rings is 1. The molecule has 0 unspecified atom stereocenters. The first-order chi connectivity index (χ1) is 11.8. The summed E-state index contributed by atoms with van der Waals surface area (Å²) in [5.41, 5.74) is 2.13. The Morgan fingerprint density at radius 2 is 1.80 bits per heavy atom. The smallest absolute Gasteiger partial charge is 0.242 e. The van der Waals surface area contributed by atoms with E-state index in [-0.39, 0.29) is 24.4 Å². The van der Waals surface area contributed by atoms with Crippen LogP contribution in [-0.4, -0.2) is 28.4 Å². The summed E-state index contributed by atoms with van der Waals surface area (Å²) < 4.78 is 0. The Kier molecular flexibility index (Phi) is 5.31. The third kappa shape index (κ3) is 3.81. The largest absolute Gasteiger partial charge is 0.309 e. The SMILES string of the molecule is Cl.O=C(Nc1ccc2ccccc2n1)[C@H]1CCN1Cc1ccccc1. The Hall–Kier alpha value is -2.43. The maximum atomic E-state index is 12.5. The third-order valence-corrected chi connectivity index (χ3v) is 4.51. The second-order valence-electron chi connectivity index (χ2n) is 6.14. The molecule has 1 aromatic heterocycles. The molecular formula is C20H20ClN3O. The molecule has 4 rings (SSSR count). The van der Waals surface area contributed by atoms with Crippen molar-refractivity contribution < 1.29 is 4.79 Å². The van der Waals surface area contributed by atoms with Gasteiger partial charge in [0, 0.05) is 18.5 Å². The molecule has 1 fully saturated rings. The van der Waals surface area contributed by atoms with Crippen LogP contribution in [0.4, 0.5) is 5.82 Å². The number of amides is 1. The van der Waals surface area contributed by atoms with Crippen LogP contribution in [0.5, 0.6) is 0 Å². The number of carbonyl (C=O) groups excluding carboxylic acids is 1. The molecule has 0 bridgehead atoms. The van der Waals surface area contributed by atoms with Gasteiger partial charge in [0.2, 0.25) is 5.91 Å². The zero-order valence-electron chi connectivity index (χ0n) is 13.8. The van der Waals surface area contributed by atoms with Gasteiger partial charge in [-0.2, -0.15) is 0 Å². The van der Waals surface area contributed by atoms with Crippen molar-refractivity contribution in [3.63, 3.8) is 0 Å². The summed E-state index contributed by atoms with van der Waals surface area (Å²) in [6.45, 7) is 1.77. The van der Waals surface area contributed by atoms with Gasteiger partial charge in [0.1, 0.15) is 5.82 Å². The highest BCUT2D eigenvalue weighted by molar-refractivity contribution is 5.95. The van der Waals surface area contributed by atoms with Gasteiger partial charge in [0.05, 0.1) is 11.6 Å². The number of nitrogens with zero attached hydrogens (tertiary/aromatic N) is 2. The van der Waals surface area contributed by atoms with E-state index in [0.717, 1.165) is 30.4 Å². The number of aromatic nitrogens is 1. The Morgan fingerprint density at radius 3 is 2.56 bits per heavy atom. The standard InChI is InChI=1S/C20H19N3O.ClH/c24-20(18-12-13-23(18)14-15-6-2-1-3-7-15)22-19-11-10-16-8-4-5-9-17(16)21-19;/h1-11,18H,12-14H2,(H,21,22,24);1H/t18-;/m1./s1. The van der Waals surface area contributed by atoms with E-state index >= 15 is 0 Å². The number of hydrogen-bond acceptors (Lipinski definition) is 3. The number of anilines is 1. The number of fused-ring (bicyclic) bond motifs is 1. The molecule has 0 aliphatic carbocycles. The lowest BCUT2D eigenvalue weighted by molar-refractivity contribution is -0.125. The van der Waals surface area contributed by atoms with Gasteiger partial charge < -0.3 is 5.32 Å². The molecule has 2 heterocycles. The van der Waals surface area contributed by atoms with Crippen LogP contribution in [-0.2, 0) is 11.3 Å². The number of carbonyl (C=O) groups is 1. The molecule has 2 aromatic carbocycles. The second-order valence-corrected chi connectivity index (χ2v) is 6.14. The van der Waals surface area contributed by atoms with Crippen molar-refractivity contribution in [2.45, 2.75) is 19.0 Å². The highest BCUT2D eigenvalue weighted by atomic mass is 35.5. The summed E-state index contributed by atoms with van der Waals surface area (Å²) >= 11 is 0. The average molecular weight is 354 g/mol. The van der Waals surface area contributed by atoms with Gasteiger partial charge in [0.15, 0.2) is 0 Å². The van der Waals surface area contributed by atoms with Crippen LogP contribution < -0.4 is 5.32 Å². The molecular weight excluding hydrogens is 334 g/mol. The van der Waals surface area contributed by atoms with Crippen molar-refractivity contribution in [1.82, 2.24) is 9.88 Å². The van der Waals surface area contributed by atoms with Crippen LogP contribution in [0.2, 0.25) is 0 Å². The molecule has 0 spiro atoms. The second kappa shape index (κ2) is 7.64. The minimum absolute atomic E-state index is 0. The van der Waals surface area contributed by atoms with Crippen molar-refractivity contribution in [3.05, 3.63) is 72.3 Å². The van der Waals surface area contributed by atoms with E-state index in [0.29, 0.717) is 5.82 Å². The lowest BCUT2D eigenvalue weighted by Gasteiger charge is -2.39. The molecule has 1 aliphatic heterocycles. The van der Waals surface area contributed by atoms with Crippen molar-refractivity contribution in [2.75, 3.05) is 11.9 Å². The fourth-order valence-corrected chi connectivity index (χ4v) is 3.09. The molecule has 1 saturated heterocycles. The van der Waals surface area contributed by atoms with Gasteiger partial charge in [-0.3, -0.25) is 9.69 Å². The zero-order chi connectivity index (χ0) is 16.4.